The predicted octanol–water partition coefficient (Wildman–Crippen LogP) is 2.07. The highest BCUT2D eigenvalue weighted by Gasteiger charge is 2.14. The van der Waals surface area contributed by atoms with E-state index < -0.39 is 0 Å². The molecule has 1 aliphatic heterocycles. The fourth-order valence-electron chi connectivity index (χ4n) is 2.40. The molecule has 0 radical (unpaired) electrons. The van der Waals surface area contributed by atoms with Crippen molar-refractivity contribution in [2.75, 3.05) is 39.8 Å². The molecule has 1 aliphatic rings. The molecule has 0 bridgehead atoms. The van der Waals surface area contributed by atoms with Crippen LogP contribution < -0.4 is 10.6 Å². The van der Waals surface area contributed by atoms with Crippen LogP contribution in [-0.4, -0.2) is 50.6 Å². The molecule has 4 nitrogen and oxygen atoms in total. The maximum Gasteiger partial charge on any atom is 0.190 e. The van der Waals surface area contributed by atoms with Gasteiger partial charge in [-0.15, -0.1) is 0 Å². The molecule has 0 aromatic rings. The number of piperidine rings is 1. The second-order valence-electron chi connectivity index (χ2n) is 5.66. The summed E-state index contributed by atoms with van der Waals surface area (Å²) < 4.78 is 0. The SMILES string of the molecule is CCCCNC(=NC)NCCCN1CCC(C)CC1. The first kappa shape index (κ1) is 16.3. The summed E-state index contributed by atoms with van der Waals surface area (Å²) in [6.45, 7) is 10.4. The van der Waals surface area contributed by atoms with Crippen molar-refractivity contribution in [3.05, 3.63) is 0 Å². The lowest BCUT2D eigenvalue weighted by molar-refractivity contribution is 0.191. The summed E-state index contributed by atoms with van der Waals surface area (Å²) >= 11 is 0. The first-order valence-electron chi connectivity index (χ1n) is 7.93. The fraction of sp³-hybridized carbons (Fsp3) is 0.933. The minimum absolute atomic E-state index is 0.927. The standard InChI is InChI=1S/C15H32N4/c1-4-5-9-17-15(16-3)18-10-6-11-19-12-7-14(2)8-13-19/h14H,4-13H2,1-3H3,(H2,16,17,18). The van der Waals surface area contributed by atoms with E-state index >= 15 is 0 Å². The van der Waals surface area contributed by atoms with E-state index in [1.165, 1.54) is 51.7 Å². The summed E-state index contributed by atoms with van der Waals surface area (Å²) in [5.41, 5.74) is 0. The van der Waals surface area contributed by atoms with E-state index in [4.69, 9.17) is 0 Å². The summed E-state index contributed by atoms with van der Waals surface area (Å²) in [5.74, 6) is 1.87. The van der Waals surface area contributed by atoms with Gasteiger partial charge in [-0.25, -0.2) is 0 Å². The van der Waals surface area contributed by atoms with Crippen LogP contribution in [0.4, 0.5) is 0 Å². The highest BCUT2D eigenvalue weighted by atomic mass is 15.2. The van der Waals surface area contributed by atoms with Crippen molar-refractivity contribution in [1.82, 2.24) is 15.5 Å². The van der Waals surface area contributed by atoms with Crippen molar-refractivity contribution < 1.29 is 0 Å². The Morgan fingerprint density at radius 3 is 2.37 bits per heavy atom. The van der Waals surface area contributed by atoms with Gasteiger partial charge in [-0.2, -0.15) is 0 Å². The lowest BCUT2D eigenvalue weighted by Crippen LogP contribution is -2.40. The van der Waals surface area contributed by atoms with Gasteiger partial charge in [0.2, 0.25) is 0 Å². The molecule has 0 saturated carbocycles. The first-order chi connectivity index (χ1) is 9.26. The Kier molecular flexibility index (Phi) is 8.63. The van der Waals surface area contributed by atoms with Gasteiger partial charge in [0.15, 0.2) is 5.96 Å². The lowest BCUT2D eigenvalue weighted by Gasteiger charge is -2.30. The zero-order valence-corrected chi connectivity index (χ0v) is 13.0. The van der Waals surface area contributed by atoms with E-state index in [1.807, 2.05) is 7.05 Å². The van der Waals surface area contributed by atoms with Gasteiger partial charge in [0.25, 0.3) is 0 Å². The zero-order valence-electron chi connectivity index (χ0n) is 13.0. The van der Waals surface area contributed by atoms with Gasteiger partial charge < -0.3 is 15.5 Å². The number of hydrogen-bond acceptors (Lipinski definition) is 2. The highest BCUT2D eigenvalue weighted by Crippen LogP contribution is 2.15. The van der Waals surface area contributed by atoms with Crippen molar-refractivity contribution >= 4 is 5.96 Å². The Hall–Kier alpha value is -0.770. The van der Waals surface area contributed by atoms with E-state index in [0.717, 1.165) is 25.0 Å². The maximum atomic E-state index is 4.23. The Morgan fingerprint density at radius 2 is 1.79 bits per heavy atom. The Morgan fingerprint density at radius 1 is 1.16 bits per heavy atom. The lowest BCUT2D eigenvalue weighted by atomic mass is 9.99. The number of rotatable bonds is 7. The van der Waals surface area contributed by atoms with Gasteiger partial charge in [-0.1, -0.05) is 20.3 Å². The second kappa shape index (κ2) is 10.1. The smallest absolute Gasteiger partial charge is 0.190 e. The third-order valence-corrected chi connectivity index (χ3v) is 3.87. The monoisotopic (exact) mass is 268 g/mol. The summed E-state index contributed by atoms with van der Waals surface area (Å²) in [6, 6.07) is 0. The van der Waals surface area contributed by atoms with Crippen LogP contribution >= 0.6 is 0 Å². The van der Waals surface area contributed by atoms with Crippen molar-refractivity contribution in [2.24, 2.45) is 10.9 Å². The van der Waals surface area contributed by atoms with Crippen LogP contribution in [0.2, 0.25) is 0 Å². The Balaban J connectivity index is 2.02. The third-order valence-electron chi connectivity index (χ3n) is 3.87. The van der Waals surface area contributed by atoms with E-state index in [9.17, 15) is 0 Å². The highest BCUT2D eigenvalue weighted by molar-refractivity contribution is 5.79. The van der Waals surface area contributed by atoms with Gasteiger partial charge in [0.05, 0.1) is 0 Å². The number of nitrogens with zero attached hydrogens (tertiary/aromatic N) is 2. The predicted molar refractivity (Wildman–Crippen MR) is 83.7 cm³/mol. The third kappa shape index (κ3) is 7.41. The van der Waals surface area contributed by atoms with Crippen molar-refractivity contribution in [2.45, 2.75) is 46.0 Å². The van der Waals surface area contributed by atoms with Crippen LogP contribution in [0.1, 0.15) is 46.0 Å². The van der Waals surface area contributed by atoms with E-state index in [-0.39, 0.29) is 0 Å². The van der Waals surface area contributed by atoms with Gasteiger partial charge in [-0.05, 0) is 51.2 Å². The summed E-state index contributed by atoms with van der Waals surface area (Å²) in [5, 5.41) is 6.73. The molecule has 0 aromatic carbocycles. The largest absolute Gasteiger partial charge is 0.356 e. The molecule has 1 rings (SSSR count). The second-order valence-corrected chi connectivity index (χ2v) is 5.66. The van der Waals surface area contributed by atoms with Crippen LogP contribution in [0.3, 0.4) is 0 Å². The van der Waals surface area contributed by atoms with E-state index in [0.29, 0.717) is 0 Å². The number of guanidine groups is 1. The van der Waals surface area contributed by atoms with Crippen LogP contribution in [0, 0.1) is 5.92 Å². The summed E-state index contributed by atoms with van der Waals surface area (Å²) in [4.78, 5) is 6.83. The molecule has 112 valence electrons. The molecule has 2 N–H and O–H groups in total. The number of unbranched alkanes of at least 4 members (excludes halogenated alkanes) is 1. The topological polar surface area (TPSA) is 39.7 Å². The Bertz CT molecular complexity index is 245. The zero-order chi connectivity index (χ0) is 13.9. The van der Waals surface area contributed by atoms with Crippen LogP contribution in [0.5, 0.6) is 0 Å². The van der Waals surface area contributed by atoms with Gasteiger partial charge in [0, 0.05) is 20.1 Å². The van der Waals surface area contributed by atoms with Crippen LogP contribution in [0.15, 0.2) is 4.99 Å². The molecule has 0 amide bonds. The molecule has 1 fully saturated rings. The Labute approximate surface area is 119 Å². The van der Waals surface area contributed by atoms with Gasteiger partial charge in [0.1, 0.15) is 0 Å². The van der Waals surface area contributed by atoms with Crippen molar-refractivity contribution in [3.8, 4) is 0 Å². The number of nitrogens with one attached hydrogen (secondary N) is 2. The molecular weight excluding hydrogens is 236 g/mol. The van der Waals surface area contributed by atoms with Crippen LogP contribution in [-0.2, 0) is 0 Å². The molecule has 19 heavy (non-hydrogen) atoms. The molecule has 0 spiro atoms. The number of hydrogen-bond donors (Lipinski definition) is 2. The molecule has 4 heteroatoms. The normalized spacial score (nSPS) is 18.6. The van der Waals surface area contributed by atoms with Gasteiger partial charge in [-0.3, -0.25) is 4.99 Å². The molecule has 0 unspecified atom stereocenters. The van der Waals surface area contributed by atoms with Crippen LogP contribution in [0.25, 0.3) is 0 Å². The minimum atomic E-state index is 0.927. The quantitative estimate of drug-likeness (QED) is 0.422. The first-order valence-corrected chi connectivity index (χ1v) is 7.93. The fourth-order valence-corrected chi connectivity index (χ4v) is 2.40. The van der Waals surface area contributed by atoms with E-state index in [1.54, 1.807) is 0 Å². The number of likely N-dealkylation sites (tertiary alicyclic amines) is 1. The molecule has 1 saturated heterocycles. The average Bonchev–Trinajstić information content (AvgIpc) is 2.43. The van der Waals surface area contributed by atoms with E-state index in [2.05, 4.69) is 34.4 Å². The molecule has 0 aliphatic carbocycles. The summed E-state index contributed by atoms with van der Waals surface area (Å²) in [6.07, 6.45) is 6.36. The molecule has 0 atom stereocenters. The molecule has 0 aromatic heterocycles. The summed E-state index contributed by atoms with van der Waals surface area (Å²) in [7, 11) is 1.84. The maximum absolute atomic E-state index is 4.23. The average molecular weight is 268 g/mol. The van der Waals surface area contributed by atoms with Gasteiger partial charge >= 0.3 is 0 Å². The molecular formula is C15H32N4. The minimum Gasteiger partial charge on any atom is -0.356 e. The van der Waals surface area contributed by atoms with Crippen molar-refractivity contribution in [3.63, 3.8) is 0 Å². The molecule has 1 heterocycles. The van der Waals surface area contributed by atoms with Crippen molar-refractivity contribution in [1.29, 1.82) is 0 Å². The number of aliphatic imine (C=N–C) groups is 1.